The van der Waals surface area contributed by atoms with Crippen molar-refractivity contribution in [2.24, 2.45) is 0 Å². The first-order valence-corrected chi connectivity index (χ1v) is 9.22. The van der Waals surface area contributed by atoms with Crippen molar-refractivity contribution < 1.29 is 31.1 Å². The second-order valence-corrected chi connectivity index (χ2v) is 6.94. The number of alkyl halides is 6. The average molecular weight is 465 g/mol. The zero-order valence-corrected chi connectivity index (χ0v) is 16.5. The quantitative estimate of drug-likeness (QED) is 0.663. The number of carbonyl (C=O) groups is 1. The summed E-state index contributed by atoms with van der Waals surface area (Å²) < 4.78 is 76.4. The Hall–Kier alpha value is -3.39. The summed E-state index contributed by atoms with van der Waals surface area (Å²) in [6.45, 7) is 2.32. The van der Waals surface area contributed by atoms with Crippen LogP contribution in [0.15, 0.2) is 23.3 Å². The van der Waals surface area contributed by atoms with Crippen LogP contribution in [0.5, 0.6) is 0 Å². The Morgan fingerprint density at radius 1 is 1.06 bits per heavy atom. The van der Waals surface area contributed by atoms with Crippen LogP contribution >= 0.6 is 0 Å². The third kappa shape index (κ3) is 5.26. The summed E-state index contributed by atoms with van der Waals surface area (Å²) in [4.78, 5) is 34.4. The lowest BCUT2D eigenvalue weighted by atomic mass is 10.2. The molecule has 9 nitrogen and oxygen atoms in total. The molecular weight excluding hydrogens is 448 g/mol. The third-order valence-corrected chi connectivity index (χ3v) is 4.68. The number of carbonyl (C=O) groups excluding carboxylic acids is 1. The van der Waals surface area contributed by atoms with Gasteiger partial charge in [0.25, 0.3) is 5.56 Å². The van der Waals surface area contributed by atoms with E-state index in [9.17, 15) is 35.9 Å². The smallest absolute Gasteiger partial charge is 0.357 e. The Morgan fingerprint density at radius 3 is 2.19 bits per heavy atom. The maximum absolute atomic E-state index is 12.9. The molecule has 0 bridgehead atoms. The molecule has 2 aromatic heterocycles. The molecule has 0 radical (unpaired) electrons. The van der Waals surface area contributed by atoms with Crippen LogP contribution < -0.4 is 15.8 Å². The van der Waals surface area contributed by atoms with E-state index in [2.05, 4.69) is 20.4 Å². The minimum atomic E-state index is -4.88. The summed E-state index contributed by atoms with van der Waals surface area (Å²) in [5.74, 6) is -0.664. The Morgan fingerprint density at radius 2 is 1.66 bits per heavy atom. The first kappa shape index (κ1) is 23.3. The molecule has 1 saturated heterocycles. The van der Waals surface area contributed by atoms with E-state index in [0.717, 1.165) is 0 Å². The van der Waals surface area contributed by atoms with Crippen molar-refractivity contribution in [1.29, 1.82) is 0 Å². The van der Waals surface area contributed by atoms with Gasteiger partial charge in [0.2, 0.25) is 11.9 Å². The van der Waals surface area contributed by atoms with E-state index >= 15 is 0 Å². The molecule has 1 amide bonds. The molecule has 2 N–H and O–H groups in total. The highest BCUT2D eigenvalue weighted by molar-refractivity contribution is 5.84. The predicted octanol–water partition coefficient (Wildman–Crippen LogP) is 1.75. The Balaban J connectivity index is 1.59. The molecule has 174 valence electrons. The number of aromatic amines is 1. The van der Waals surface area contributed by atoms with Crippen LogP contribution in [0.4, 0.5) is 38.1 Å². The zero-order valence-electron chi connectivity index (χ0n) is 16.5. The van der Waals surface area contributed by atoms with Gasteiger partial charge < -0.3 is 15.1 Å². The molecule has 0 aliphatic carbocycles. The van der Waals surface area contributed by atoms with Crippen molar-refractivity contribution in [3.8, 4) is 0 Å². The number of halogens is 6. The van der Waals surface area contributed by atoms with Crippen molar-refractivity contribution in [2.45, 2.75) is 25.3 Å². The maximum Gasteiger partial charge on any atom is 0.421 e. The molecule has 15 heteroatoms. The van der Waals surface area contributed by atoms with E-state index in [1.807, 2.05) is 0 Å². The third-order valence-electron chi connectivity index (χ3n) is 4.68. The summed E-state index contributed by atoms with van der Waals surface area (Å²) in [6, 6.07) is -0.439. The molecule has 1 aliphatic rings. The average Bonchev–Trinajstić information content (AvgIpc) is 2.73. The molecule has 0 aromatic carbocycles. The van der Waals surface area contributed by atoms with E-state index in [-0.39, 0.29) is 37.9 Å². The summed E-state index contributed by atoms with van der Waals surface area (Å²) in [7, 11) is 0. The molecule has 0 saturated carbocycles. The van der Waals surface area contributed by atoms with E-state index in [4.69, 9.17) is 0 Å². The topological polar surface area (TPSA) is 107 Å². The Bertz CT molecular complexity index is 1010. The normalized spacial score (nSPS) is 16.1. The number of aromatic nitrogens is 4. The standard InChI is InChI=1S/C17H17F6N7O2/c1-9(26-12-6-11(17(21,22)23)13(31)28-27-12)14(32)29-2-4-30(5-3-29)15-24-7-10(8-25-15)16(18,19)20/h6-9H,2-5H2,1H3,(H,26,27)(H,28,31)/t9-/m0/s1. The monoisotopic (exact) mass is 465 g/mol. The summed E-state index contributed by atoms with van der Waals surface area (Å²) in [6.07, 6.45) is -8.07. The first-order chi connectivity index (χ1) is 14.9. The maximum atomic E-state index is 12.9. The van der Waals surface area contributed by atoms with E-state index < -0.39 is 41.0 Å². The molecule has 2 aromatic rings. The van der Waals surface area contributed by atoms with Crippen LogP contribution in [0.1, 0.15) is 18.1 Å². The van der Waals surface area contributed by atoms with Gasteiger partial charge in [-0.1, -0.05) is 0 Å². The van der Waals surface area contributed by atoms with Crippen molar-refractivity contribution >= 4 is 17.7 Å². The highest BCUT2D eigenvalue weighted by Crippen LogP contribution is 2.29. The van der Waals surface area contributed by atoms with Gasteiger partial charge in [0, 0.05) is 44.6 Å². The SMILES string of the molecule is C[C@H](Nc1cc(C(F)(F)F)c(=O)[nH]n1)C(=O)N1CCN(c2ncc(C(F)(F)F)cn2)CC1. The second kappa shape index (κ2) is 8.63. The lowest BCUT2D eigenvalue weighted by molar-refractivity contribution is -0.139. The first-order valence-electron chi connectivity index (χ1n) is 9.22. The van der Waals surface area contributed by atoms with Crippen molar-refractivity contribution in [3.05, 3.63) is 39.9 Å². The van der Waals surface area contributed by atoms with Crippen LogP contribution in [-0.2, 0) is 17.1 Å². The summed E-state index contributed by atoms with van der Waals surface area (Å²) in [5, 5.41) is 7.73. The highest BCUT2D eigenvalue weighted by atomic mass is 19.4. The van der Waals surface area contributed by atoms with Gasteiger partial charge in [0.1, 0.15) is 17.4 Å². The molecule has 1 aliphatic heterocycles. The number of nitrogens with zero attached hydrogens (tertiary/aromatic N) is 5. The van der Waals surface area contributed by atoms with Crippen molar-refractivity contribution in [1.82, 2.24) is 25.1 Å². The summed E-state index contributed by atoms with van der Waals surface area (Å²) >= 11 is 0. The molecule has 32 heavy (non-hydrogen) atoms. The molecular formula is C17H17F6N7O2. The van der Waals surface area contributed by atoms with Gasteiger partial charge in [-0.25, -0.2) is 15.1 Å². The number of anilines is 2. The van der Waals surface area contributed by atoms with Crippen molar-refractivity contribution in [2.75, 3.05) is 36.4 Å². The van der Waals surface area contributed by atoms with E-state index in [1.54, 1.807) is 10.00 Å². The Labute approximate surface area is 176 Å². The van der Waals surface area contributed by atoms with Crippen LogP contribution in [0.3, 0.4) is 0 Å². The molecule has 1 fully saturated rings. The van der Waals surface area contributed by atoms with Gasteiger partial charge in [0.05, 0.1) is 5.56 Å². The molecule has 3 heterocycles. The fourth-order valence-electron chi connectivity index (χ4n) is 3.01. The van der Waals surface area contributed by atoms with Gasteiger partial charge in [-0.2, -0.15) is 31.4 Å². The number of hydrogen-bond donors (Lipinski definition) is 2. The lowest BCUT2D eigenvalue weighted by Crippen LogP contribution is -2.52. The number of rotatable bonds is 4. The van der Waals surface area contributed by atoms with Gasteiger partial charge in [-0.15, -0.1) is 0 Å². The number of H-pyrrole nitrogens is 1. The van der Waals surface area contributed by atoms with Crippen LogP contribution in [0.2, 0.25) is 0 Å². The number of piperazine rings is 1. The zero-order chi connectivity index (χ0) is 23.7. The minimum absolute atomic E-state index is 0.0911. The molecule has 0 unspecified atom stereocenters. The largest absolute Gasteiger partial charge is 0.421 e. The van der Waals surface area contributed by atoms with Crippen molar-refractivity contribution in [3.63, 3.8) is 0 Å². The fraction of sp³-hybridized carbons (Fsp3) is 0.471. The second-order valence-electron chi connectivity index (χ2n) is 6.94. The van der Waals surface area contributed by atoms with E-state index in [0.29, 0.717) is 18.5 Å². The van der Waals surface area contributed by atoms with Gasteiger partial charge >= 0.3 is 12.4 Å². The van der Waals surface area contributed by atoms with Crippen LogP contribution in [0, 0.1) is 0 Å². The number of hydrogen-bond acceptors (Lipinski definition) is 7. The molecule has 0 spiro atoms. The van der Waals surface area contributed by atoms with Gasteiger partial charge in [0.15, 0.2) is 0 Å². The Kier molecular flexibility index (Phi) is 6.27. The number of nitrogens with one attached hydrogen (secondary N) is 2. The number of amides is 1. The highest BCUT2D eigenvalue weighted by Gasteiger charge is 2.35. The van der Waals surface area contributed by atoms with Crippen LogP contribution in [-0.4, -0.2) is 63.2 Å². The molecule has 1 atom stereocenters. The summed E-state index contributed by atoms with van der Waals surface area (Å²) in [5.41, 5.74) is -3.82. The minimum Gasteiger partial charge on any atom is -0.357 e. The lowest BCUT2D eigenvalue weighted by Gasteiger charge is -2.36. The fourth-order valence-corrected chi connectivity index (χ4v) is 3.01. The van der Waals surface area contributed by atoms with E-state index in [1.165, 1.54) is 11.8 Å². The molecule has 3 rings (SSSR count). The van der Waals surface area contributed by atoms with Gasteiger partial charge in [-0.05, 0) is 6.92 Å². The predicted molar refractivity (Wildman–Crippen MR) is 98.8 cm³/mol. The van der Waals surface area contributed by atoms with Gasteiger partial charge in [-0.3, -0.25) is 9.59 Å². The van der Waals surface area contributed by atoms with Crippen LogP contribution in [0.25, 0.3) is 0 Å².